The molecule has 21 heavy (non-hydrogen) atoms. The largest absolute Gasteiger partial charge is 0.508 e. The normalized spacial score (nSPS) is 15.8. The van der Waals surface area contributed by atoms with E-state index in [1.807, 2.05) is 24.4 Å². The molecule has 0 bridgehead atoms. The first-order chi connectivity index (χ1) is 10.3. The first-order valence-electron chi connectivity index (χ1n) is 7.58. The van der Waals surface area contributed by atoms with Crippen molar-refractivity contribution in [2.75, 3.05) is 0 Å². The molecule has 2 aromatic heterocycles. The number of pyridine rings is 1. The van der Waals surface area contributed by atoms with Gasteiger partial charge in [-0.2, -0.15) is 0 Å². The van der Waals surface area contributed by atoms with Crippen molar-refractivity contribution in [2.45, 2.75) is 31.6 Å². The third kappa shape index (κ3) is 2.09. The highest BCUT2D eigenvalue weighted by Gasteiger charge is 2.22. The Morgan fingerprint density at radius 2 is 1.95 bits per heavy atom. The van der Waals surface area contributed by atoms with Crippen molar-refractivity contribution >= 4 is 11.0 Å². The lowest BCUT2D eigenvalue weighted by molar-refractivity contribution is 0.475. The third-order valence-corrected chi connectivity index (χ3v) is 4.50. The molecular weight excluding hydrogens is 260 g/mol. The van der Waals surface area contributed by atoms with Gasteiger partial charge in [-0.1, -0.05) is 18.9 Å². The number of rotatable bonds is 2. The number of hydrogen-bond acceptors (Lipinski definition) is 2. The van der Waals surface area contributed by atoms with Crippen molar-refractivity contribution in [2.24, 2.45) is 0 Å². The fourth-order valence-corrected chi connectivity index (χ4v) is 3.49. The molecule has 3 heteroatoms. The molecule has 0 atom stereocenters. The zero-order valence-corrected chi connectivity index (χ0v) is 11.9. The van der Waals surface area contributed by atoms with Gasteiger partial charge >= 0.3 is 0 Å². The minimum atomic E-state index is 0.285. The number of hydrogen-bond donors (Lipinski definition) is 1. The minimum absolute atomic E-state index is 0.285. The summed E-state index contributed by atoms with van der Waals surface area (Å²) in [6.45, 7) is 0. The molecule has 0 spiro atoms. The van der Waals surface area contributed by atoms with E-state index in [4.69, 9.17) is 0 Å². The standard InChI is InChI=1S/C18H18N2O/c21-15-8-3-7-14(11-15)20-12-17(13-5-1-2-6-13)16-9-4-10-19-18(16)20/h3-4,7-13,21H,1-2,5-6H2. The SMILES string of the molecule is Oc1cccc(-n2cc(C3CCCC3)c3cccnc32)c1. The number of aromatic hydroxyl groups is 1. The number of phenols is 1. The van der Waals surface area contributed by atoms with Gasteiger partial charge in [-0.15, -0.1) is 0 Å². The van der Waals surface area contributed by atoms with Crippen molar-refractivity contribution in [3.63, 3.8) is 0 Å². The zero-order chi connectivity index (χ0) is 14.2. The summed E-state index contributed by atoms with van der Waals surface area (Å²) in [7, 11) is 0. The summed E-state index contributed by atoms with van der Waals surface area (Å²) in [6, 6.07) is 11.5. The molecule has 3 aromatic rings. The molecule has 0 radical (unpaired) electrons. The predicted octanol–water partition coefficient (Wildman–Crippen LogP) is 4.39. The second-order valence-electron chi connectivity index (χ2n) is 5.83. The van der Waals surface area contributed by atoms with Crippen LogP contribution in [0.3, 0.4) is 0 Å². The number of phenolic OH excluding ortho intramolecular Hbond substituents is 1. The van der Waals surface area contributed by atoms with E-state index in [9.17, 15) is 5.11 Å². The van der Waals surface area contributed by atoms with Crippen LogP contribution in [0.2, 0.25) is 0 Å². The predicted molar refractivity (Wildman–Crippen MR) is 83.9 cm³/mol. The Balaban J connectivity index is 1.93. The maximum absolute atomic E-state index is 9.73. The Labute approximate surface area is 123 Å². The van der Waals surface area contributed by atoms with Gasteiger partial charge in [0.25, 0.3) is 0 Å². The number of nitrogens with zero attached hydrogens (tertiary/aromatic N) is 2. The fourth-order valence-electron chi connectivity index (χ4n) is 3.49. The molecule has 2 heterocycles. The molecule has 3 nitrogen and oxygen atoms in total. The van der Waals surface area contributed by atoms with Crippen LogP contribution >= 0.6 is 0 Å². The maximum Gasteiger partial charge on any atom is 0.144 e. The van der Waals surface area contributed by atoms with E-state index in [2.05, 4.69) is 21.8 Å². The van der Waals surface area contributed by atoms with Crippen LogP contribution in [0.1, 0.15) is 37.2 Å². The molecule has 1 aliphatic rings. The number of benzene rings is 1. The van der Waals surface area contributed by atoms with Crippen molar-refractivity contribution in [1.82, 2.24) is 9.55 Å². The van der Waals surface area contributed by atoms with E-state index < -0.39 is 0 Å². The smallest absolute Gasteiger partial charge is 0.144 e. The highest BCUT2D eigenvalue weighted by atomic mass is 16.3. The highest BCUT2D eigenvalue weighted by molar-refractivity contribution is 5.82. The van der Waals surface area contributed by atoms with E-state index in [1.165, 1.54) is 36.6 Å². The Hall–Kier alpha value is -2.29. The molecular formula is C18H18N2O. The van der Waals surface area contributed by atoms with Crippen LogP contribution in [0, 0.1) is 0 Å². The second kappa shape index (κ2) is 4.92. The monoisotopic (exact) mass is 278 g/mol. The minimum Gasteiger partial charge on any atom is -0.508 e. The molecule has 0 amide bonds. The van der Waals surface area contributed by atoms with Crippen LogP contribution in [0.4, 0.5) is 0 Å². The summed E-state index contributed by atoms with van der Waals surface area (Å²) in [5.74, 6) is 0.933. The molecule has 106 valence electrons. The highest BCUT2D eigenvalue weighted by Crippen LogP contribution is 2.38. The van der Waals surface area contributed by atoms with Crippen LogP contribution in [0.15, 0.2) is 48.8 Å². The third-order valence-electron chi connectivity index (χ3n) is 4.50. The number of fused-ring (bicyclic) bond motifs is 1. The van der Waals surface area contributed by atoms with Crippen molar-refractivity contribution in [3.8, 4) is 11.4 Å². The summed E-state index contributed by atoms with van der Waals surface area (Å²) in [6.07, 6.45) is 9.23. The Bertz CT molecular complexity index is 785. The first kappa shape index (κ1) is 12.5. The van der Waals surface area contributed by atoms with Gasteiger partial charge in [0, 0.05) is 23.8 Å². The molecule has 1 aromatic carbocycles. The van der Waals surface area contributed by atoms with Gasteiger partial charge in [0.1, 0.15) is 11.4 Å². The quantitative estimate of drug-likeness (QED) is 0.755. The van der Waals surface area contributed by atoms with E-state index in [-0.39, 0.29) is 5.75 Å². The van der Waals surface area contributed by atoms with Gasteiger partial charge in [-0.3, -0.25) is 0 Å². The average Bonchev–Trinajstić information content (AvgIpc) is 3.14. The van der Waals surface area contributed by atoms with Crippen LogP contribution in [-0.4, -0.2) is 14.7 Å². The van der Waals surface area contributed by atoms with Gasteiger partial charge in [-0.05, 0) is 48.6 Å². The number of aromatic nitrogens is 2. The van der Waals surface area contributed by atoms with Crippen LogP contribution in [0.5, 0.6) is 5.75 Å². The second-order valence-corrected chi connectivity index (χ2v) is 5.83. The molecule has 1 N–H and O–H groups in total. The van der Waals surface area contributed by atoms with Gasteiger partial charge < -0.3 is 9.67 Å². The van der Waals surface area contributed by atoms with E-state index in [0.29, 0.717) is 5.92 Å². The summed E-state index contributed by atoms with van der Waals surface area (Å²) >= 11 is 0. The van der Waals surface area contributed by atoms with E-state index in [1.54, 1.807) is 12.1 Å². The summed E-state index contributed by atoms with van der Waals surface area (Å²) < 4.78 is 2.10. The molecule has 1 aliphatic carbocycles. The molecule has 0 aliphatic heterocycles. The topological polar surface area (TPSA) is 38.0 Å². The molecule has 0 unspecified atom stereocenters. The first-order valence-corrected chi connectivity index (χ1v) is 7.58. The van der Waals surface area contributed by atoms with Crippen molar-refractivity contribution in [3.05, 3.63) is 54.4 Å². The summed E-state index contributed by atoms with van der Waals surface area (Å²) in [4.78, 5) is 4.56. The van der Waals surface area contributed by atoms with Crippen molar-refractivity contribution < 1.29 is 5.11 Å². The van der Waals surface area contributed by atoms with Gasteiger partial charge in [0.2, 0.25) is 0 Å². The van der Waals surface area contributed by atoms with Crippen LogP contribution < -0.4 is 0 Å². The van der Waals surface area contributed by atoms with Gasteiger partial charge in [-0.25, -0.2) is 4.98 Å². The molecule has 4 rings (SSSR count). The molecule has 1 fully saturated rings. The van der Waals surface area contributed by atoms with Crippen molar-refractivity contribution in [1.29, 1.82) is 0 Å². The Morgan fingerprint density at radius 1 is 1.10 bits per heavy atom. The lowest BCUT2D eigenvalue weighted by atomic mass is 9.98. The summed E-state index contributed by atoms with van der Waals surface area (Å²) in [5, 5.41) is 11.0. The lowest BCUT2D eigenvalue weighted by Crippen LogP contribution is -1.93. The lowest BCUT2D eigenvalue weighted by Gasteiger charge is -2.06. The zero-order valence-electron chi connectivity index (χ0n) is 11.9. The van der Waals surface area contributed by atoms with Crippen LogP contribution in [0.25, 0.3) is 16.7 Å². The molecule has 1 saturated carbocycles. The Morgan fingerprint density at radius 3 is 2.76 bits per heavy atom. The average molecular weight is 278 g/mol. The molecule has 0 saturated heterocycles. The maximum atomic E-state index is 9.73. The Kier molecular flexibility index (Phi) is 2.92. The van der Waals surface area contributed by atoms with E-state index in [0.717, 1.165) is 11.3 Å². The van der Waals surface area contributed by atoms with E-state index >= 15 is 0 Å². The fraction of sp³-hybridized carbons (Fsp3) is 0.278. The van der Waals surface area contributed by atoms with Gasteiger partial charge in [0.15, 0.2) is 0 Å². The van der Waals surface area contributed by atoms with Gasteiger partial charge in [0.05, 0.1) is 5.69 Å². The summed E-state index contributed by atoms with van der Waals surface area (Å²) in [5.41, 5.74) is 3.34. The van der Waals surface area contributed by atoms with Crippen LogP contribution in [-0.2, 0) is 0 Å².